The number of hydrogen-bond acceptors (Lipinski definition) is 6. The molecule has 0 saturated heterocycles. The first-order chi connectivity index (χ1) is 11.5. The number of nitrogens with one attached hydrogen (secondary N) is 1. The van der Waals surface area contributed by atoms with E-state index in [0.29, 0.717) is 22.0 Å². The number of esters is 1. The van der Waals surface area contributed by atoms with E-state index >= 15 is 0 Å². The van der Waals surface area contributed by atoms with E-state index in [9.17, 15) is 9.59 Å². The number of ether oxygens (including phenoxy) is 2. The monoisotopic (exact) mass is 346 g/mol. The number of thiophene rings is 1. The van der Waals surface area contributed by atoms with E-state index < -0.39 is 12.1 Å². The average molecular weight is 346 g/mol. The van der Waals surface area contributed by atoms with Gasteiger partial charge < -0.3 is 20.5 Å². The summed E-state index contributed by atoms with van der Waals surface area (Å²) in [6.07, 6.45) is 0.204. The zero-order valence-electron chi connectivity index (χ0n) is 13.6. The molecular weight excluding hydrogens is 328 g/mol. The van der Waals surface area contributed by atoms with Crippen LogP contribution < -0.4 is 15.8 Å². The van der Waals surface area contributed by atoms with E-state index in [1.807, 2.05) is 13.0 Å². The number of carbonyl (C=O) groups excluding carboxylic acids is 2. The third kappa shape index (κ3) is 2.60. The molecule has 1 aromatic carbocycles. The average Bonchev–Trinajstić information content (AvgIpc) is 2.91. The minimum Gasteiger partial charge on any atom is -0.479 e. The van der Waals surface area contributed by atoms with Gasteiger partial charge in [0, 0.05) is 10.4 Å². The van der Waals surface area contributed by atoms with Crippen LogP contribution in [0.4, 0.5) is 10.7 Å². The number of benzene rings is 1. The van der Waals surface area contributed by atoms with Crippen molar-refractivity contribution in [2.75, 3.05) is 18.2 Å². The molecule has 1 aliphatic heterocycles. The van der Waals surface area contributed by atoms with E-state index in [-0.39, 0.29) is 5.91 Å². The van der Waals surface area contributed by atoms with Crippen LogP contribution in [0.25, 0.3) is 11.1 Å². The Labute approximate surface area is 143 Å². The Morgan fingerprint density at radius 3 is 2.88 bits per heavy atom. The number of methoxy groups -OCH3 is 1. The third-order valence-electron chi connectivity index (χ3n) is 3.92. The number of hydrogen-bond donors (Lipinski definition) is 2. The van der Waals surface area contributed by atoms with Gasteiger partial charge in [-0.1, -0.05) is 13.0 Å². The first-order valence-electron chi connectivity index (χ1n) is 7.57. The summed E-state index contributed by atoms with van der Waals surface area (Å²) in [4.78, 5) is 25.0. The first kappa shape index (κ1) is 16.3. The van der Waals surface area contributed by atoms with E-state index in [1.165, 1.54) is 18.4 Å². The maximum atomic E-state index is 12.2. The fourth-order valence-electron chi connectivity index (χ4n) is 2.72. The molecule has 1 amide bonds. The predicted octanol–water partition coefficient (Wildman–Crippen LogP) is 3.07. The Balaban J connectivity index is 2.15. The summed E-state index contributed by atoms with van der Waals surface area (Å²) in [5, 5.41) is 3.25. The molecule has 1 unspecified atom stereocenters. The maximum Gasteiger partial charge on any atom is 0.341 e. The molecule has 0 spiro atoms. The number of rotatable bonds is 3. The van der Waals surface area contributed by atoms with Gasteiger partial charge in [0.25, 0.3) is 5.91 Å². The van der Waals surface area contributed by atoms with Crippen molar-refractivity contribution in [3.63, 3.8) is 0 Å². The Morgan fingerprint density at radius 1 is 1.46 bits per heavy atom. The lowest BCUT2D eigenvalue weighted by atomic mass is 9.99. The summed E-state index contributed by atoms with van der Waals surface area (Å²) in [5.41, 5.74) is 8.53. The molecule has 1 aliphatic rings. The zero-order valence-corrected chi connectivity index (χ0v) is 14.5. The Hall–Kier alpha value is -2.54. The number of aryl methyl sites for hydroxylation is 1. The smallest absolute Gasteiger partial charge is 0.341 e. The van der Waals surface area contributed by atoms with Crippen molar-refractivity contribution in [2.45, 2.75) is 26.4 Å². The summed E-state index contributed by atoms with van der Waals surface area (Å²) < 4.78 is 10.4. The van der Waals surface area contributed by atoms with Gasteiger partial charge in [0.2, 0.25) is 0 Å². The van der Waals surface area contributed by atoms with Crippen LogP contribution in [-0.2, 0) is 16.0 Å². The van der Waals surface area contributed by atoms with Gasteiger partial charge in [-0.15, -0.1) is 11.3 Å². The van der Waals surface area contributed by atoms with E-state index in [1.54, 1.807) is 19.1 Å². The number of anilines is 2. The lowest BCUT2D eigenvalue weighted by Crippen LogP contribution is -2.34. The molecule has 0 fully saturated rings. The van der Waals surface area contributed by atoms with Gasteiger partial charge >= 0.3 is 5.97 Å². The highest BCUT2D eigenvalue weighted by Crippen LogP contribution is 2.42. The third-order valence-corrected chi connectivity index (χ3v) is 5.08. The van der Waals surface area contributed by atoms with Gasteiger partial charge in [-0.25, -0.2) is 4.79 Å². The van der Waals surface area contributed by atoms with Crippen molar-refractivity contribution in [2.24, 2.45) is 0 Å². The summed E-state index contributed by atoms with van der Waals surface area (Å²) in [6, 6.07) is 5.44. The number of nitrogens with two attached hydrogens (primary N) is 1. The fraction of sp³-hybridized carbons (Fsp3) is 0.294. The molecule has 2 aromatic rings. The fourth-order valence-corrected chi connectivity index (χ4v) is 3.74. The molecule has 126 valence electrons. The van der Waals surface area contributed by atoms with Gasteiger partial charge in [-0.2, -0.15) is 0 Å². The minimum atomic E-state index is -0.531. The molecule has 0 bridgehead atoms. The predicted molar refractivity (Wildman–Crippen MR) is 93.6 cm³/mol. The topological polar surface area (TPSA) is 90.7 Å². The second-order valence-electron chi connectivity index (χ2n) is 5.44. The van der Waals surface area contributed by atoms with Gasteiger partial charge in [-0.3, -0.25) is 4.79 Å². The highest BCUT2D eigenvalue weighted by Gasteiger charge is 2.27. The van der Waals surface area contributed by atoms with Crippen molar-refractivity contribution >= 4 is 33.9 Å². The molecule has 0 aliphatic carbocycles. The van der Waals surface area contributed by atoms with E-state index in [4.69, 9.17) is 15.2 Å². The van der Waals surface area contributed by atoms with Crippen molar-refractivity contribution in [1.29, 1.82) is 0 Å². The van der Waals surface area contributed by atoms with Crippen molar-refractivity contribution in [3.8, 4) is 16.9 Å². The van der Waals surface area contributed by atoms with Crippen LogP contribution in [0.2, 0.25) is 0 Å². The zero-order chi connectivity index (χ0) is 17.4. The molecule has 0 radical (unpaired) electrons. The number of nitrogen functional groups attached to an aromatic ring is 1. The largest absolute Gasteiger partial charge is 0.479 e. The normalized spacial score (nSPS) is 16.1. The summed E-state index contributed by atoms with van der Waals surface area (Å²) in [6.45, 7) is 3.69. The van der Waals surface area contributed by atoms with Gasteiger partial charge in [0.1, 0.15) is 16.3 Å². The highest BCUT2D eigenvalue weighted by atomic mass is 32.1. The van der Waals surface area contributed by atoms with Crippen LogP contribution in [0.3, 0.4) is 0 Å². The van der Waals surface area contributed by atoms with Crippen molar-refractivity contribution < 1.29 is 19.1 Å². The first-order valence-corrected chi connectivity index (χ1v) is 8.39. The molecular formula is C17H18N2O4S. The molecule has 2 heterocycles. The second kappa shape index (κ2) is 6.16. The van der Waals surface area contributed by atoms with Crippen molar-refractivity contribution in [3.05, 3.63) is 28.6 Å². The molecule has 24 heavy (non-hydrogen) atoms. The molecule has 6 nitrogen and oxygen atoms in total. The lowest BCUT2D eigenvalue weighted by Gasteiger charge is -2.23. The standard InChI is InChI=1S/C17H18N2O4S/c1-4-12-13(14(15(18)24-12)17(21)22-3)9-5-6-11-10(7-9)19-16(20)8(2)23-11/h5-8H,4,18H2,1-3H3,(H,19,20). The Bertz CT molecular complexity index is 828. The number of carbonyl (C=O) groups is 2. The quantitative estimate of drug-likeness (QED) is 0.834. The molecule has 3 N–H and O–H groups in total. The summed E-state index contributed by atoms with van der Waals surface area (Å²) in [5.74, 6) is -0.0646. The molecule has 7 heteroatoms. The van der Waals surface area contributed by atoms with Crippen LogP contribution in [0, 0.1) is 0 Å². The number of fused-ring (bicyclic) bond motifs is 1. The van der Waals surface area contributed by atoms with E-state index in [2.05, 4.69) is 5.32 Å². The SMILES string of the molecule is CCc1sc(N)c(C(=O)OC)c1-c1ccc2c(c1)NC(=O)C(C)O2. The van der Waals surface area contributed by atoms with Crippen molar-refractivity contribution in [1.82, 2.24) is 0 Å². The van der Waals surface area contributed by atoms with Crippen LogP contribution in [0.1, 0.15) is 29.1 Å². The van der Waals surface area contributed by atoms with Gasteiger partial charge in [0.05, 0.1) is 12.8 Å². The van der Waals surface area contributed by atoms with Gasteiger partial charge in [-0.05, 0) is 31.0 Å². The summed E-state index contributed by atoms with van der Waals surface area (Å²) in [7, 11) is 1.33. The molecule has 1 atom stereocenters. The Morgan fingerprint density at radius 2 is 2.21 bits per heavy atom. The van der Waals surface area contributed by atoms with Crippen LogP contribution in [0.15, 0.2) is 18.2 Å². The van der Waals surface area contributed by atoms with E-state index in [0.717, 1.165) is 22.4 Å². The minimum absolute atomic E-state index is 0.201. The Kier molecular flexibility index (Phi) is 4.19. The highest BCUT2D eigenvalue weighted by molar-refractivity contribution is 7.17. The second-order valence-corrected chi connectivity index (χ2v) is 6.58. The summed E-state index contributed by atoms with van der Waals surface area (Å²) >= 11 is 1.38. The van der Waals surface area contributed by atoms with Gasteiger partial charge in [0.15, 0.2) is 6.10 Å². The lowest BCUT2D eigenvalue weighted by molar-refractivity contribution is -0.122. The van der Waals surface area contributed by atoms with Crippen LogP contribution >= 0.6 is 11.3 Å². The molecule has 3 rings (SSSR count). The molecule has 0 saturated carbocycles. The maximum absolute atomic E-state index is 12.2. The van der Waals surface area contributed by atoms with Crippen LogP contribution in [0.5, 0.6) is 5.75 Å². The molecule has 1 aromatic heterocycles. The van der Waals surface area contributed by atoms with Crippen LogP contribution in [-0.4, -0.2) is 25.1 Å². The number of amides is 1.